The summed E-state index contributed by atoms with van der Waals surface area (Å²) in [5.41, 5.74) is 0.803. The van der Waals surface area contributed by atoms with Crippen LogP contribution in [0.5, 0.6) is 11.5 Å². The minimum atomic E-state index is -0.159. The largest absolute Gasteiger partial charge is 0.457 e. The molecule has 1 saturated heterocycles. The summed E-state index contributed by atoms with van der Waals surface area (Å²) in [7, 11) is 1.76. The summed E-state index contributed by atoms with van der Waals surface area (Å²) in [5.74, 6) is 1.37. The summed E-state index contributed by atoms with van der Waals surface area (Å²) in [6, 6.07) is 16.9. The van der Waals surface area contributed by atoms with Crippen LogP contribution >= 0.6 is 0 Å². The van der Waals surface area contributed by atoms with Crippen LogP contribution in [0.3, 0.4) is 0 Å². The monoisotopic (exact) mass is 324 g/mol. The Labute approximate surface area is 141 Å². The molecule has 2 amide bonds. The number of nitrogens with zero attached hydrogens (tertiary/aromatic N) is 1. The fourth-order valence-electron chi connectivity index (χ4n) is 2.71. The van der Waals surface area contributed by atoms with Crippen molar-refractivity contribution in [2.45, 2.75) is 12.8 Å². The zero-order chi connectivity index (χ0) is 16.9. The lowest BCUT2D eigenvalue weighted by molar-refractivity contribution is -0.127. The van der Waals surface area contributed by atoms with Crippen molar-refractivity contribution in [3.63, 3.8) is 0 Å². The van der Waals surface area contributed by atoms with Crippen molar-refractivity contribution in [2.24, 2.45) is 5.92 Å². The number of anilines is 1. The number of piperidine rings is 1. The summed E-state index contributed by atoms with van der Waals surface area (Å²) in [6.07, 6.45) is 1.01. The number of carbonyl (C=O) groups excluding carboxylic acids is 2. The van der Waals surface area contributed by atoms with E-state index in [9.17, 15) is 9.59 Å². The summed E-state index contributed by atoms with van der Waals surface area (Å²) in [4.78, 5) is 25.4. The Kier molecular flexibility index (Phi) is 4.79. The molecule has 2 aromatic rings. The number of hydrogen-bond donors (Lipinski definition) is 1. The Hall–Kier alpha value is -2.82. The molecule has 0 radical (unpaired) electrons. The van der Waals surface area contributed by atoms with Gasteiger partial charge in [0.15, 0.2) is 0 Å². The molecule has 5 heteroatoms. The third kappa shape index (κ3) is 3.74. The SMILES string of the molecule is CN(C(=O)C1CCC(=O)NC1)c1ccc(Oc2ccccc2)cc1. The Morgan fingerprint density at radius 2 is 1.75 bits per heavy atom. The van der Waals surface area contributed by atoms with Crippen molar-refractivity contribution in [2.75, 3.05) is 18.5 Å². The standard InChI is InChI=1S/C19H20N2O3/c1-21(19(23)14-7-12-18(22)20-13-14)15-8-10-17(11-9-15)24-16-5-3-2-4-6-16/h2-6,8-11,14H,7,12-13H2,1H3,(H,20,22). The quantitative estimate of drug-likeness (QED) is 0.940. The second-order valence-corrected chi connectivity index (χ2v) is 5.85. The minimum Gasteiger partial charge on any atom is -0.457 e. The van der Waals surface area contributed by atoms with E-state index >= 15 is 0 Å². The van der Waals surface area contributed by atoms with E-state index in [1.54, 1.807) is 11.9 Å². The van der Waals surface area contributed by atoms with E-state index in [1.807, 2.05) is 54.6 Å². The van der Waals surface area contributed by atoms with Crippen LogP contribution in [-0.4, -0.2) is 25.4 Å². The van der Waals surface area contributed by atoms with Gasteiger partial charge in [-0.3, -0.25) is 9.59 Å². The van der Waals surface area contributed by atoms with Crippen molar-refractivity contribution < 1.29 is 14.3 Å². The first kappa shape index (κ1) is 16.1. The topological polar surface area (TPSA) is 58.6 Å². The van der Waals surface area contributed by atoms with Gasteiger partial charge in [-0.15, -0.1) is 0 Å². The molecule has 24 heavy (non-hydrogen) atoms. The van der Waals surface area contributed by atoms with Crippen molar-refractivity contribution >= 4 is 17.5 Å². The predicted octanol–water partition coefficient (Wildman–Crippen LogP) is 2.97. The van der Waals surface area contributed by atoms with Crippen LogP contribution in [0.15, 0.2) is 54.6 Å². The highest BCUT2D eigenvalue weighted by atomic mass is 16.5. The zero-order valence-electron chi connectivity index (χ0n) is 13.6. The molecule has 1 unspecified atom stereocenters. The lowest BCUT2D eigenvalue weighted by Crippen LogP contribution is -2.43. The van der Waals surface area contributed by atoms with Crippen LogP contribution in [0.2, 0.25) is 0 Å². The van der Waals surface area contributed by atoms with Crippen molar-refractivity contribution in [3.8, 4) is 11.5 Å². The van der Waals surface area contributed by atoms with Crippen molar-refractivity contribution in [3.05, 3.63) is 54.6 Å². The number of benzene rings is 2. The molecule has 0 aliphatic carbocycles. The molecule has 1 N–H and O–H groups in total. The maximum atomic E-state index is 12.5. The van der Waals surface area contributed by atoms with Gasteiger partial charge in [-0.1, -0.05) is 18.2 Å². The van der Waals surface area contributed by atoms with E-state index in [4.69, 9.17) is 4.74 Å². The number of nitrogens with one attached hydrogen (secondary N) is 1. The van der Waals surface area contributed by atoms with Crippen LogP contribution in [0.1, 0.15) is 12.8 Å². The van der Waals surface area contributed by atoms with Gasteiger partial charge in [0.1, 0.15) is 11.5 Å². The summed E-state index contributed by atoms with van der Waals surface area (Å²) in [5, 5.41) is 2.75. The van der Waals surface area contributed by atoms with E-state index in [-0.39, 0.29) is 17.7 Å². The molecular weight excluding hydrogens is 304 g/mol. The van der Waals surface area contributed by atoms with Gasteiger partial charge in [0, 0.05) is 25.7 Å². The van der Waals surface area contributed by atoms with Crippen molar-refractivity contribution in [1.29, 1.82) is 0 Å². The second kappa shape index (κ2) is 7.17. The first-order valence-corrected chi connectivity index (χ1v) is 8.01. The molecule has 0 bridgehead atoms. The first-order valence-electron chi connectivity index (χ1n) is 8.01. The summed E-state index contributed by atoms with van der Waals surface area (Å²) < 4.78 is 5.75. The number of carbonyl (C=O) groups is 2. The number of ether oxygens (including phenoxy) is 1. The van der Waals surface area contributed by atoms with Gasteiger partial charge in [-0.2, -0.15) is 0 Å². The van der Waals surface area contributed by atoms with Gasteiger partial charge in [-0.25, -0.2) is 0 Å². The number of amides is 2. The molecular formula is C19H20N2O3. The fourth-order valence-corrected chi connectivity index (χ4v) is 2.71. The van der Waals surface area contributed by atoms with Gasteiger partial charge in [-0.05, 0) is 42.8 Å². The molecule has 124 valence electrons. The summed E-state index contributed by atoms with van der Waals surface area (Å²) in [6.45, 7) is 0.414. The maximum Gasteiger partial charge on any atom is 0.231 e. The van der Waals surface area contributed by atoms with Crippen LogP contribution < -0.4 is 15.0 Å². The number of para-hydroxylation sites is 1. The Morgan fingerprint density at radius 3 is 2.38 bits per heavy atom. The highest BCUT2D eigenvalue weighted by Gasteiger charge is 2.27. The van der Waals surface area contributed by atoms with Crippen LogP contribution in [-0.2, 0) is 9.59 Å². The predicted molar refractivity (Wildman–Crippen MR) is 92.1 cm³/mol. The second-order valence-electron chi connectivity index (χ2n) is 5.85. The molecule has 1 aliphatic rings. The molecule has 1 aliphatic heterocycles. The molecule has 0 saturated carbocycles. The van der Waals surface area contributed by atoms with Gasteiger partial charge >= 0.3 is 0 Å². The van der Waals surface area contributed by atoms with Crippen LogP contribution in [0.4, 0.5) is 5.69 Å². The molecule has 5 nitrogen and oxygen atoms in total. The van der Waals surface area contributed by atoms with E-state index in [1.165, 1.54) is 0 Å². The third-order valence-corrected chi connectivity index (χ3v) is 4.15. The Bertz CT molecular complexity index is 703. The lowest BCUT2D eigenvalue weighted by atomic mass is 9.97. The average Bonchev–Trinajstić information content (AvgIpc) is 2.63. The molecule has 1 heterocycles. The lowest BCUT2D eigenvalue weighted by Gasteiger charge is -2.26. The van der Waals surface area contributed by atoms with Gasteiger partial charge < -0.3 is 15.0 Å². The molecule has 3 rings (SSSR count). The smallest absolute Gasteiger partial charge is 0.231 e. The molecule has 2 aromatic carbocycles. The van der Waals surface area contributed by atoms with Gasteiger partial charge in [0.25, 0.3) is 0 Å². The normalized spacial score (nSPS) is 17.0. The third-order valence-electron chi connectivity index (χ3n) is 4.15. The molecule has 0 aromatic heterocycles. The fraction of sp³-hybridized carbons (Fsp3) is 0.263. The molecule has 1 fully saturated rings. The highest BCUT2D eigenvalue weighted by Crippen LogP contribution is 2.25. The zero-order valence-corrected chi connectivity index (χ0v) is 13.6. The van der Waals surface area contributed by atoms with Crippen LogP contribution in [0, 0.1) is 5.92 Å². The van der Waals surface area contributed by atoms with Gasteiger partial charge in [0.2, 0.25) is 11.8 Å². The van der Waals surface area contributed by atoms with Crippen LogP contribution in [0.25, 0.3) is 0 Å². The number of rotatable bonds is 4. The molecule has 0 spiro atoms. The Balaban J connectivity index is 1.64. The Morgan fingerprint density at radius 1 is 1.08 bits per heavy atom. The van der Waals surface area contributed by atoms with Crippen molar-refractivity contribution in [1.82, 2.24) is 5.32 Å². The van der Waals surface area contributed by atoms with E-state index < -0.39 is 0 Å². The van der Waals surface area contributed by atoms with E-state index in [0.29, 0.717) is 19.4 Å². The highest BCUT2D eigenvalue weighted by molar-refractivity contribution is 5.95. The first-order chi connectivity index (χ1) is 11.6. The minimum absolute atomic E-state index is 0.0177. The number of hydrogen-bond acceptors (Lipinski definition) is 3. The average molecular weight is 324 g/mol. The van der Waals surface area contributed by atoms with Gasteiger partial charge in [0.05, 0.1) is 5.92 Å². The van der Waals surface area contributed by atoms with E-state index in [2.05, 4.69) is 5.32 Å². The molecule has 1 atom stereocenters. The maximum absolute atomic E-state index is 12.5. The van der Waals surface area contributed by atoms with E-state index in [0.717, 1.165) is 17.2 Å². The summed E-state index contributed by atoms with van der Waals surface area (Å²) >= 11 is 0.